The molecule has 0 bridgehead atoms. The second-order valence-corrected chi connectivity index (χ2v) is 9.42. The summed E-state index contributed by atoms with van der Waals surface area (Å²) in [5.41, 5.74) is -2.16. The number of rotatable bonds is 7. The molecule has 78 valence electrons. The van der Waals surface area contributed by atoms with Gasteiger partial charge in [0.25, 0.3) is 0 Å². The fourth-order valence-corrected chi connectivity index (χ4v) is 6.38. The van der Waals surface area contributed by atoms with Crippen LogP contribution in [0.5, 0.6) is 0 Å². The van der Waals surface area contributed by atoms with Crippen LogP contribution < -0.4 is 5.09 Å². The van der Waals surface area contributed by atoms with Gasteiger partial charge in [0, 0.05) is 5.25 Å². The van der Waals surface area contributed by atoms with Gasteiger partial charge in [-0.25, -0.2) is 0 Å². The van der Waals surface area contributed by atoms with E-state index in [1.54, 1.807) is 11.4 Å². The Labute approximate surface area is 88.9 Å². The summed E-state index contributed by atoms with van der Waals surface area (Å²) in [5.74, 6) is 0. The first-order valence-corrected chi connectivity index (χ1v) is 8.42. The molecule has 1 amide bonds. The van der Waals surface area contributed by atoms with Gasteiger partial charge in [0.2, 0.25) is 12.0 Å². The molecule has 0 saturated carbocycles. The molecule has 0 heterocycles. The van der Waals surface area contributed by atoms with Crippen LogP contribution in [0, 0.1) is 0 Å². The topological polar surface area (TPSA) is 38.3 Å². The first-order chi connectivity index (χ1) is 6.08. The predicted octanol–water partition coefficient (Wildman–Crippen LogP) is 2.53. The molecule has 6 heteroatoms. The van der Waals surface area contributed by atoms with Crippen molar-refractivity contribution in [1.29, 1.82) is 0 Å². The standard InChI is InChI=1S/C7H16NO2PS2/c1-4-7(3)13-11(12,8-6-9)10-5-2/h6-7H,4-5H2,1-3H3,(H,8,9,12). The van der Waals surface area contributed by atoms with Gasteiger partial charge in [0.05, 0.1) is 6.61 Å². The van der Waals surface area contributed by atoms with Crippen LogP contribution >= 0.6 is 17.0 Å². The number of carbonyl (C=O) groups is 1. The van der Waals surface area contributed by atoms with Crippen molar-refractivity contribution in [3.05, 3.63) is 0 Å². The van der Waals surface area contributed by atoms with Crippen molar-refractivity contribution in [2.45, 2.75) is 32.4 Å². The van der Waals surface area contributed by atoms with E-state index < -0.39 is 5.62 Å². The van der Waals surface area contributed by atoms with Gasteiger partial charge in [0.1, 0.15) is 0 Å². The van der Waals surface area contributed by atoms with E-state index >= 15 is 0 Å². The van der Waals surface area contributed by atoms with Gasteiger partial charge in [-0.05, 0) is 25.2 Å². The number of hydrogen-bond donors (Lipinski definition) is 1. The fraction of sp³-hybridized carbons (Fsp3) is 0.857. The minimum Gasteiger partial charge on any atom is -0.327 e. The van der Waals surface area contributed by atoms with Crippen molar-refractivity contribution in [3.63, 3.8) is 0 Å². The van der Waals surface area contributed by atoms with Crippen LogP contribution in [0.15, 0.2) is 0 Å². The average molecular weight is 241 g/mol. The molecule has 0 aromatic rings. The van der Waals surface area contributed by atoms with Crippen LogP contribution in [-0.2, 0) is 21.1 Å². The molecule has 0 rings (SSSR count). The van der Waals surface area contributed by atoms with Crippen molar-refractivity contribution < 1.29 is 9.32 Å². The van der Waals surface area contributed by atoms with Gasteiger partial charge in [-0.15, -0.1) is 0 Å². The van der Waals surface area contributed by atoms with Crippen LogP contribution in [0.25, 0.3) is 0 Å². The van der Waals surface area contributed by atoms with E-state index in [2.05, 4.69) is 18.9 Å². The molecule has 2 unspecified atom stereocenters. The van der Waals surface area contributed by atoms with Gasteiger partial charge in [0.15, 0.2) is 0 Å². The van der Waals surface area contributed by atoms with Crippen molar-refractivity contribution in [3.8, 4) is 0 Å². The lowest BCUT2D eigenvalue weighted by molar-refractivity contribution is -0.108. The van der Waals surface area contributed by atoms with Gasteiger partial charge in [-0.3, -0.25) is 4.79 Å². The predicted molar refractivity (Wildman–Crippen MR) is 62.5 cm³/mol. The van der Waals surface area contributed by atoms with Crippen LogP contribution in [0.3, 0.4) is 0 Å². The highest BCUT2D eigenvalue weighted by Gasteiger charge is 2.19. The van der Waals surface area contributed by atoms with Crippen LogP contribution in [0.4, 0.5) is 0 Å². The summed E-state index contributed by atoms with van der Waals surface area (Å²) < 4.78 is 5.39. The summed E-state index contributed by atoms with van der Waals surface area (Å²) in [4.78, 5) is 10.3. The van der Waals surface area contributed by atoms with E-state index in [0.717, 1.165) is 6.42 Å². The monoisotopic (exact) mass is 241 g/mol. The third-order valence-corrected chi connectivity index (χ3v) is 7.35. The molecule has 13 heavy (non-hydrogen) atoms. The lowest BCUT2D eigenvalue weighted by Crippen LogP contribution is -2.09. The van der Waals surface area contributed by atoms with Crippen molar-refractivity contribution in [2.24, 2.45) is 0 Å². The highest BCUT2D eigenvalue weighted by Crippen LogP contribution is 2.58. The van der Waals surface area contributed by atoms with E-state index in [1.165, 1.54) is 0 Å². The molecule has 0 aromatic heterocycles. The zero-order valence-corrected chi connectivity index (χ0v) is 10.7. The van der Waals surface area contributed by atoms with Crippen LogP contribution in [0.1, 0.15) is 27.2 Å². The maximum Gasteiger partial charge on any atom is 0.213 e. The zero-order chi connectivity index (χ0) is 10.3. The molecular weight excluding hydrogens is 225 g/mol. The van der Waals surface area contributed by atoms with Gasteiger partial charge >= 0.3 is 0 Å². The zero-order valence-electron chi connectivity index (χ0n) is 8.15. The van der Waals surface area contributed by atoms with Gasteiger partial charge in [-0.1, -0.05) is 25.2 Å². The summed E-state index contributed by atoms with van der Waals surface area (Å²) in [6, 6.07) is 0. The van der Waals surface area contributed by atoms with Gasteiger partial charge < -0.3 is 9.61 Å². The maximum atomic E-state index is 10.3. The quantitative estimate of drug-likeness (QED) is 0.549. The normalized spacial score (nSPS) is 17.5. The highest BCUT2D eigenvalue weighted by molar-refractivity contribution is 8.69. The molecule has 2 atom stereocenters. The molecule has 0 aliphatic rings. The van der Waals surface area contributed by atoms with Crippen molar-refractivity contribution >= 4 is 35.2 Å². The largest absolute Gasteiger partial charge is 0.327 e. The Kier molecular flexibility index (Phi) is 7.05. The second-order valence-electron chi connectivity index (χ2n) is 2.49. The Balaban J connectivity index is 4.22. The summed E-state index contributed by atoms with van der Waals surface area (Å²) >= 11 is 6.81. The summed E-state index contributed by atoms with van der Waals surface area (Å²) in [6.07, 6.45) is 1.66. The third-order valence-electron chi connectivity index (χ3n) is 1.40. The number of amides is 1. The van der Waals surface area contributed by atoms with Crippen LogP contribution in [0.2, 0.25) is 0 Å². The summed E-state index contributed by atoms with van der Waals surface area (Å²) in [7, 11) is 0. The SMILES string of the molecule is CCOP(=S)(NC=O)SC(C)CC. The molecule has 0 spiro atoms. The smallest absolute Gasteiger partial charge is 0.213 e. The van der Waals surface area contributed by atoms with Gasteiger partial charge in [-0.2, -0.15) is 0 Å². The number of hydrogen-bond acceptors (Lipinski definition) is 4. The molecular formula is C7H16NO2PS2. The van der Waals surface area contributed by atoms with E-state index in [0.29, 0.717) is 18.3 Å². The summed E-state index contributed by atoms with van der Waals surface area (Å²) in [5, 5.41) is 3.03. The Morgan fingerprint density at radius 1 is 1.69 bits per heavy atom. The Morgan fingerprint density at radius 2 is 2.31 bits per heavy atom. The number of carbonyl (C=O) groups excluding carboxylic acids is 1. The van der Waals surface area contributed by atoms with E-state index in [9.17, 15) is 4.79 Å². The van der Waals surface area contributed by atoms with Crippen molar-refractivity contribution in [1.82, 2.24) is 5.09 Å². The highest BCUT2D eigenvalue weighted by atomic mass is 32.9. The first-order valence-electron chi connectivity index (χ1n) is 4.22. The van der Waals surface area contributed by atoms with Crippen molar-refractivity contribution in [2.75, 3.05) is 6.61 Å². The Bertz CT molecular complexity index is 201. The minimum absolute atomic E-state index is 0.421. The molecule has 0 aliphatic carbocycles. The molecule has 3 nitrogen and oxygen atoms in total. The molecule has 0 saturated heterocycles. The lowest BCUT2D eigenvalue weighted by Gasteiger charge is -2.22. The Morgan fingerprint density at radius 3 is 2.69 bits per heavy atom. The second kappa shape index (κ2) is 6.82. The van der Waals surface area contributed by atoms with Crippen LogP contribution in [-0.4, -0.2) is 18.3 Å². The molecule has 0 aliphatic heterocycles. The molecule has 0 aromatic carbocycles. The summed E-state index contributed by atoms with van der Waals surface area (Å²) in [6.45, 7) is 6.59. The van der Waals surface area contributed by atoms with E-state index in [1.807, 2.05) is 6.92 Å². The lowest BCUT2D eigenvalue weighted by atomic mass is 10.4. The maximum absolute atomic E-state index is 10.3. The molecule has 0 radical (unpaired) electrons. The molecule has 1 N–H and O–H groups in total. The number of nitrogens with one attached hydrogen (secondary N) is 1. The fourth-order valence-electron chi connectivity index (χ4n) is 0.644. The molecule has 0 fully saturated rings. The minimum atomic E-state index is -2.16. The first kappa shape index (κ1) is 13.4. The average Bonchev–Trinajstić information content (AvgIpc) is 2.04. The Hall–Kier alpha value is 0.430. The third kappa shape index (κ3) is 5.68. The van der Waals surface area contributed by atoms with E-state index in [-0.39, 0.29) is 0 Å². The van der Waals surface area contributed by atoms with E-state index in [4.69, 9.17) is 16.3 Å².